The van der Waals surface area contributed by atoms with E-state index in [2.05, 4.69) is 67.8 Å². The smallest absolute Gasteiger partial charge is 0.326 e. The largest absolute Gasteiger partial charge is 0.480 e. The SMILES string of the molecule is CC/C=C\C/C=C\C/C=C\C/C=C\CCCCCCC(=O)OC(CCCCCC)CCCCCCC(=O)NC(CCCN)C(=O)O. The fraction of sp³-hybridized carbons (Fsp3) is 0.718. The van der Waals surface area contributed by atoms with Gasteiger partial charge in [0.1, 0.15) is 12.1 Å². The maximum Gasteiger partial charge on any atom is 0.326 e. The van der Waals surface area contributed by atoms with Crippen LogP contribution in [0, 0.1) is 0 Å². The third kappa shape index (κ3) is 30.0. The van der Waals surface area contributed by atoms with Crippen molar-refractivity contribution in [3.8, 4) is 0 Å². The Morgan fingerprint density at radius 2 is 1.20 bits per heavy atom. The normalized spacial score (nSPS) is 13.3. The van der Waals surface area contributed by atoms with E-state index in [4.69, 9.17) is 10.5 Å². The monoisotopic (exact) mass is 645 g/mol. The minimum Gasteiger partial charge on any atom is -0.480 e. The molecular weight excluding hydrogens is 576 g/mol. The van der Waals surface area contributed by atoms with Crippen LogP contribution in [0.5, 0.6) is 0 Å². The first-order valence-corrected chi connectivity index (χ1v) is 18.5. The van der Waals surface area contributed by atoms with Crippen LogP contribution >= 0.6 is 0 Å². The first kappa shape index (κ1) is 43.3. The fourth-order valence-corrected chi connectivity index (χ4v) is 5.15. The van der Waals surface area contributed by atoms with E-state index in [0.29, 0.717) is 32.2 Å². The van der Waals surface area contributed by atoms with Crippen LogP contribution < -0.4 is 11.1 Å². The molecule has 4 N–H and O–H groups in total. The number of hydrogen-bond donors (Lipinski definition) is 3. The van der Waals surface area contributed by atoms with Gasteiger partial charge < -0.3 is 20.9 Å². The molecule has 0 radical (unpaired) electrons. The average Bonchev–Trinajstić information content (AvgIpc) is 3.04. The second-order valence-corrected chi connectivity index (χ2v) is 12.3. The molecule has 0 bridgehead atoms. The zero-order valence-corrected chi connectivity index (χ0v) is 29.4. The Bertz CT molecular complexity index is 864. The lowest BCUT2D eigenvalue weighted by molar-refractivity contribution is -0.150. The Morgan fingerprint density at radius 1 is 0.652 bits per heavy atom. The second-order valence-electron chi connectivity index (χ2n) is 12.3. The highest BCUT2D eigenvalue weighted by Crippen LogP contribution is 2.18. The van der Waals surface area contributed by atoms with E-state index in [0.717, 1.165) is 103 Å². The quantitative estimate of drug-likeness (QED) is 0.0381. The highest BCUT2D eigenvalue weighted by molar-refractivity contribution is 5.83. The zero-order chi connectivity index (χ0) is 33.9. The summed E-state index contributed by atoms with van der Waals surface area (Å²) >= 11 is 0. The number of carboxylic acid groups (broad SMARTS) is 1. The van der Waals surface area contributed by atoms with E-state index in [1.807, 2.05) is 0 Å². The van der Waals surface area contributed by atoms with E-state index in [9.17, 15) is 19.5 Å². The second kappa shape index (κ2) is 33.7. The molecular formula is C39H68N2O5. The van der Waals surface area contributed by atoms with Crippen molar-refractivity contribution in [3.63, 3.8) is 0 Å². The van der Waals surface area contributed by atoms with Crippen molar-refractivity contribution in [2.24, 2.45) is 5.73 Å². The first-order chi connectivity index (χ1) is 22.4. The molecule has 0 saturated carbocycles. The highest BCUT2D eigenvalue weighted by atomic mass is 16.5. The molecule has 0 aliphatic carbocycles. The molecule has 0 aromatic heterocycles. The zero-order valence-electron chi connectivity index (χ0n) is 29.4. The molecule has 0 spiro atoms. The Hall–Kier alpha value is -2.67. The van der Waals surface area contributed by atoms with Crippen molar-refractivity contribution in [3.05, 3.63) is 48.6 Å². The highest BCUT2D eigenvalue weighted by Gasteiger charge is 2.19. The Kier molecular flexibility index (Phi) is 31.7. The lowest BCUT2D eigenvalue weighted by Gasteiger charge is -2.18. The molecule has 264 valence electrons. The summed E-state index contributed by atoms with van der Waals surface area (Å²) in [7, 11) is 0. The van der Waals surface area contributed by atoms with E-state index >= 15 is 0 Å². The summed E-state index contributed by atoms with van der Waals surface area (Å²) in [5.41, 5.74) is 5.46. The number of carbonyl (C=O) groups excluding carboxylic acids is 2. The molecule has 7 heteroatoms. The van der Waals surface area contributed by atoms with Crippen LogP contribution in [-0.2, 0) is 19.1 Å². The van der Waals surface area contributed by atoms with Gasteiger partial charge in [-0.2, -0.15) is 0 Å². The third-order valence-electron chi connectivity index (χ3n) is 7.91. The first-order valence-electron chi connectivity index (χ1n) is 18.5. The Balaban J connectivity index is 4.11. The summed E-state index contributed by atoms with van der Waals surface area (Å²) in [4.78, 5) is 36.0. The number of nitrogens with two attached hydrogens (primary N) is 1. The van der Waals surface area contributed by atoms with Crippen molar-refractivity contribution in [1.82, 2.24) is 5.32 Å². The minimum atomic E-state index is -1.01. The molecule has 2 unspecified atom stereocenters. The molecule has 0 aromatic carbocycles. The van der Waals surface area contributed by atoms with Gasteiger partial charge >= 0.3 is 11.9 Å². The molecule has 1 amide bonds. The van der Waals surface area contributed by atoms with Gasteiger partial charge in [-0.25, -0.2) is 4.79 Å². The van der Waals surface area contributed by atoms with Gasteiger partial charge in [-0.15, -0.1) is 0 Å². The number of nitrogens with one attached hydrogen (secondary N) is 1. The maximum atomic E-state index is 12.6. The van der Waals surface area contributed by atoms with E-state index in [-0.39, 0.29) is 18.0 Å². The summed E-state index contributed by atoms with van der Waals surface area (Å²) < 4.78 is 5.91. The van der Waals surface area contributed by atoms with Crippen LogP contribution in [-0.4, -0.2) is 41.6 Å². The summed E-state index contributed by atoms with van der Waals surface area (Å²) in [6.07, 6.45) is 38.8. The maximum absolute atomic E-state index is 12.6. The van der Waals surface area contributed by atoms with Gasteiger partial charge in [0.05, 0.1) is 0 Å². The minimum absolute atomic E-state index is 0.0234. The number of hydrogen-bond acceptors (Lipinski definition) is 5. The van der Waals surface area contributed by atoms with Gasteiger partial charge in [0.25, 0.3) is 0 Å². The van der Waals surface area contributed by atoms with Gasteiger partial charge in [-0.05, 0) is 96.4 Å². The molecule has 0 aliphatic heterocycles. The van der Waals surface area contributed by atoms with E-state index in [1.54, 1.807) is 0 Å². The number of carbonyl (C=O) groups is 3. The van der Waals surface area contributed by atoms with Crippen LogP contribution in [0.1, 0.15) is 162 Å². The molecule has 2 atom stereocenters. The van der Waals surface area contributed by atoms with Gasteiger partial charge in [0.15, 0.2) is 0 Å². The molecule has 0 rings (SSSR count). The van der Waals surface area contributed by atoms with Crippen molar-refractivity contribution >= 4 is 17.8 Å². The van der Waals surface area contributed by atoms with Crippen LogP contribution in [0.2, 0.25) is 0 Å². The predicted molar refractivity (Wildman–Crippen MR) is 193 cm³/mol. The van der Waals surface area contributed by atoms with Gasteiger partial charge in [-0.3, -0.25) is 9.59 Å². The summed E-state index contributed by atoms with van der Waals surface area (Å²) in [5, 5.41) is 11.9. The van der Waals surface area contributed by atoms with E-state index < -0.39 is 12.0 Å². The van der Waals surface area contributed by atoms with Gasteiger partial charge in [0.2, 0.25) is 5.91 Å². The number of amides is 1. The number of rotatable bonds is 32. The molecule has 0 aliphatic rings. The van der Waals surface area contributed by atoms with E-state index in [1.165, 1.54) is 19.3 Å². The number of allylic oxidation sites excluding steroid dienone is 8. The molecule has 0 aromatic rings. The van der Waals surface area contributed by atoms with Crippen LogP contribution in [0.25, 0.3) is 0 Å². The molecule has 0 heterocycles. The summed E-state index contributed by atoms with van der Waals surface area (Å²) in [5.74, 6) is -1.31. The molecule has 46 heavy (non-hydrogen) atoms. The summed E-state index contributed by atoms with van der Waals surface area (Å²) in [6, 6.07) is -0.865. The van der Waals surface area contributed by atoms with Gasteiger partial charge in [-0.1, -0.05) is 107 Å². The number of esters is 1. The van der Waals surface area contributed by atoms with Crippen molar-refractivity contribution < 1.29 is 24.2 Å². The van der Waals surface area contributed by atoms with Crippen LogP contribution in [0.15, 0.2) is 48.6 Å². The van der Waals surface area contributed by atoms with Crippen molar-refractivity contribution in [2.45, 2.75) is 174 Å². The number of unbranched alkanes of at least 4 members (excludes halogenated alkanes) is 10. The Labute approximate surface area is 281 Å². The third-order valence-corrected chi connectivity index (χ3v) is 7.91. The fourth-order valence-electron chi connectivity index (χ4n) is 5.15. The lowest BCUT2D eigenvalue weighted by Crippen LogP contribution is -2.40. The number of aliphatic carboxylic acids is 1. The molecule has 0 fully saturated rings. The predicted octanol–water partition coefficient (Wildman–Crippen LogP) is 9.66. The summed E-state index contributed by atoms with van der Waals surface area (Å²) in [6.45, 7) is 4.75. The van der Waals surface area contributed by atoms with Crippen LogP contribution in [0.4, 0.5) is 0 Å². The Morgan fingerprint density at radius 3 is 1.78 bits per heavy atom. The lowest BCUT2D eigenvalue weighted by atomic mass is 10.0. The van der Waals surface area contributed by atoms with Crippen LogP contribution in [0.3, 0.4) is 0 Å². The average molecular weight is 645 g/mol. The molecule has 7 nitrogen and oxygen atoms in total. The van der Waals surface area contributed by atoms with Gasteiger partial charge in [0, 0.05) is 12.8 Å². The van der Waals surface area contributed by atoms with Crippen molar-refractivity contribution in [2.75, 3.05) is 6.54 Å². The topological polar surface area (TPSA) is 119 Å². The number of ether oxygens (including phenoxy) is 1. The standard InChI is InChI=1S/C39H68N2O5/c1-3-5-7-9-10-11-12-13-14-15-16-17-18-19-20-21-27-33-38(43)46-35(29-24-8-6-4-2)30-25-22-23-26-32-37(42)41-36(39(44)45)31-28-34-40/h5,7,10-11,13-14,16-17,35-36H,3-4,6,8-9,12,15,18-34,40H2,1-2H3,(H,41,42)(H,44,45)/b7-5-,11-10-,14-13-,17-16-. The number of carboxylic acids is 1. The van der Waals surface area contributed by atoms with Crippen molar-refractivity contribution in [1.29, 1.82) is 0 Å². The molecule has 0 saturated heterocycles.